The van der Waals surface area contributed by atoms with Crippen LogP contribution in [-0.2, 0) is 14.3 Å². The number of hydrogen-bond donors (Lipinski definition) is 1. The van der Waals surface area contributed by atoms with Crippen molar-refractivity contribution in [1.82, 2.24) is 4.98 Å². The second-order valence-electron chi connectivity index (χ2n) is 7.93. The smallest absolute Gasteiger partial charge is 0.338 e. The Kier molecular flexibility index (Phi) is 6.47. The molecule has 0 saturated carbocycles. The lowest BCUT2D eigenvalue weighted by molar-refractivity contribution is -0.132. The lowest BCUT2D eigenvalue weighted by Gasteiger charge is -2.25. The highest BCUT2D eigenvalue weighted by Crippen LogP contribution is 2.41. The number of amides is 1. The third kappa shape index (κ3) is 4.43. The summed E-state index contributed by atoms with van der Waals surface area (Å²) in [6.07, 6.45) is 1.21. The van der Waals surface area contributed by atoms with E-state index < -0.39 is 23.7 Å². The van der Waals surface area contributed by atoms with Gasteiger partial charge in [-0.15, -0.1) is 0 Å². The third-order valence-corrected chi connectivity index (χ3v) is 5.48. The van der Waals surface area contributed by atoms with Crippen LogP contribution in [0.5, 0.6) is 0 Å². The van der Waals surface area contributed by atoms with Gasteiger partial charge in [-0.1, -0.05) is 23.7 Å². The molecule has 1 atom stereocenters. The molecule has 1 amide bonds. The highest BCUT2D eigenvalue weighted by molar-refractivity contribution is 6.51. The Bertz CT molecular complexity index is 1290. The van der Waals surface area contributed by atoms with Crippen molar-refractivity contribution < 1.29 is 24.2 Å². The molecule has 1 N–H and O–H groups in total. The molecular formula is C26H21ClN2O5. The topological polar surface area (TPSA) is 96.8 Å². The van der Waals surface area contributed by atoms with E-state index in [1.165, 1.54) is 17.2 Å². The standard InChI is InChI=1S/C26H21ClN2O5/c1-15(2)34-26(33)17-6-5-7-19(14-17)29-22(20-8-3-4-13-28-20)21(24(31)25(29)32)23(30)16-9-11-18(27)12-10-16/h3-15,22,30H,1-2H3/b23-21+. The molecule has 2 heterocycles. The number of pyridine rings is 1. The molecule has 4 rings (SSSR count). The van der Waals surface area contributed by atoms with Gasteiger partial charge < -0.3 is 9.84 Å². The van der Waals surface area contributed by atoms with Gasteiger partial charge >= 0.3 is 5.97 Å². The van der Waals surface area contributed by atoms with E-state index in [2.05, 4.69) is 4.98 Å². The minimum Gasteiger partial charge on any atom is -0.507 e. The zero-order valence-electron chi connectivity index (χ0n) is 18.4. The zero-order valence-corrected chi connectivity index (χ0v) is 19.2. The Balaban J connectivity index is 1.87. The van der Waals surface area contributed by atoms with E-state index in [1.54, 1.807) is 74.5 Å². The lowest BCUT2D eigenvalue weighted by atomic mass is 9.98. The fraction of sp³-hybridized carbons (Fsp3) is 0.154. The molecule has 0 bridgehead atoms. The van der Waals surface area contributed by atoms with E-state index in [9.17, 15) is 19.5 Å². The molecule has 1 aromatic heterocycles. The maximum atomic E-state index is 13.2. The van der Waals surface area contributed by atoms with Gasteiger partial charge in [-0.25, -0.2) is 4.79 Å². The van der Waals surface area contributed by atoms with Gasteiger partial charge in [-0.3, -0.25) is 19.5 Å². The maximum absolute atomic E-state index is 13.2. The quantitative estimate of drug-likeness (QED) is 0.243. The number of carbonyl (C=O) groups is 3. The first-order chi connectivity index (χ1) is 16.3. The molecule has 1 fully saturated rings. The number of nitrogens with zero attached hydrogens (tertiary/aromatic N) is 2. The fourth-order valence-electron chi connectivity index (χ4n) is 3.74. The summed E-state index contributed by atoms with van der Waals surface area (Å²) < 4.78 is 5.26. The van der Waals surface area contributed by atoms with Crippen LogP contribution in [-0.4, -0.2) is 33.9 Å². The van der Waals surface area contributed by atoms with Crippen LogP contribution < -0.4 is 4.90 Å². The number of Topliss-reactive ketones (excluding diaryl/α,β-unsaturated/α-hetero) is 1. The summed E-state index contributed by atoms with van der Waals surface area (Å²) in [5, 5.41) is 11.5. The monoisotopic (exact) mass is 476 g/mol. The second-order valence-corrected chi connectivity index (χ2v) is 8.37. The van der Waals surface area contributed by atoms with Crippen LogP contribution in [0.15, 0.2) is 78.5 Å². The number of ether oxygens (including phenoxy) is 1. The molecule has 7 nitrogen and oxygen atoms in total. The Hall–Kier alpha value is -3.97. The summed E-state index contributed by atoms with van der Waals surface area (Å²) in [6, 6.07) is 16.6. The van der Waals surface area contributed by atoms with E-state index in [0.29, 0.717) is 22.0 Å². The summed E-state index contributed by atoms with van der Waals surface area (Å²) in [5.41, 5.74) is 1.13. The number of hydrogen-bond acceptors (Lipinski definition) is 6. The van der Waals surface area contributed by atoms with Crippen LogP contribution in [0.25, 0.3) is 5.76 Å². The molecule has 1 saturated heterocycles. The normalized spacial score (nSPS) is 17.3. The van der Waals surface area contributed by atoms with Crippen molar-refractivity contribution in [3.05, 3.63) is 100 Å². The molecule has 172 valence electrons. The van der Waals surface area contributed by atoms with Crippen molar-refractivity contribution in [3.63, 3.8) is 0 Å². The molecule has 0 aliphatic carbocycles. The number of esters is 1. The molecule has 1 aliphatic heterocycles. The summed E-state index contributed by atoms with van der Waals surface area (Å²) in [5.74, 6) is -2.61. The van der Waals surface area contributed by atoms with Gasteiger partial charge in [-0.05, 0) is 68.4 Å². The van der Waals surface area contributed by atoms with Gasteiger partial charge in [-0.2, -0.15) is 0 Å². The highest BCUT2D eigenvalue weighted by atomic mass is 35.5. The number of carbonyl (C=O) groups excluding carboxylic acids is 3. The van der Waals surface area contributed by atoms with Gasteiger partial charge in [0, 0.05) is 22.5 Å². The van der Waals surface area contributed by atoms with Crippen LogP contribution >= 0.6 is 11.6 Å². The first-order valence-electron chi connectivity index (χ1n) is 10.6. The molecule has 1 unspecified atom stereocenters. The van der Waals surface area contributed by atoms with E-state index in [1.807, 2.05) is 0 Å². The summed E-state index contributed by atoms with van der Waals surface area (Å²) in [6.45, 7) is 3.47. The first kappa shape index (κ1) is 23.2. The van der Waals surface area contributed by atoms with Gasteiger partial charge in [0.05, 0.1) is 22.9 Å². The minimum atomic E-state index is -1.01. The summed E-state index contributed by atoms with van der Waals surface area (Å²) in [7, 11) is 0. The number of rotatable bonds is 5. The molecule has 2 aromatic carbocycles. The van der Waals surface area contributed by atoms with Gasteiger partial charge in [0.1, 0.15) is 11.8 Å². The van der Waals surface area contributed by atoms with Crippen LogP contribution in [0.3, 0.4) is 0 Å². The Morgan fingerprint density at radius 2 is 1.76 bits per heavy atom. The number of benzene rings is 2. The molecule has 0 radical (unpaired) electrons. The Morgan fingerprint density at radius 1 is 1.03 bits per heavy atom. The van der Waals surface area contributed by atoms with Gasteiger partial charge in [0.2, 0.25) is 0 Å². The summed E-state index contributed by atoms with van der Waals surface area (Å²) >= 11 is 5.95. The highest BCUT2D eigenvalue weighted by Gasteiger charge is 2.47. The fourth-order valence-corrected chi connectivity index (χ4v) is 3.87. The SMILES string of the molecule is CC(C)OC(=O)c1cccc(N2C(=O)C(=O)/C(=C(/O)c3ccc(Cl)cc3)C2c2ccccn2)c1. The number of aliphatic hydroxyl groups excluding tert-OH is 1. The minimum absolute atomic E-state index is 0.110. The number of anilines is 1. The number of ketones is 1. The van der Waals surface area contributed by atoms with Crippen molar-refractivity contribution in [2.24, 2.45) is 0 Å². The van der Waals surface area contributed by atoms with Gasteiger partial charge in [0.25, 0.3) is 11.7 Å². The predicted molar refractivity (Wildman–Crippen MR) is 127 cm³/mol. The van der Waals surface area contributed by atoms with E-state index in [-0.39, 0.29) is 23.0 Å². The van der Waals surface area contributed by atoms with Crippen LogP contribution in [0.2, 0.25) is 5.02 Å². The largest absolute Gasteiger partial charge is 0.507 e. The first-order valence-corrected chi connectivity index (χ1v) is 10.9. The van der Waals surface area contributed by atoms with Crippen molar-refractivity contribution in [2.75, 3.05) is 4.90 Å². The number of aliphatic hydroxyl groups is 1. The lowest BCUT2D eigenvalue weighted by Crippen LogP contribution is -2.30. The van der Waals surface area contributed by atoms with Crippen molar-refractivity contribution in [2.45, 2.75) is 26.0 Å². The average Bonchev–Trinajstić information content (AvgIpc) is 3.10. The molecule has 34 heavy (non-hydrogen) atoms. The predicted octanol–water partition coefficient (Wildman–Crippen LogP) is 4.93. The molecule has 3 aromatic rings. The Labute approximate surface area is 201 Å². The van der Waals surface area contributed by atoms with Crippen LogP contribution in [0.1, 0.15) is 41.5 Å². The molecule has 0 spiro atoms. The number of aromatic nitrogens is 1. The van der Waals surface area contributed by atoms with Crippen molar-refractivity contribution in [3.8, 4) is 0 Å². The molecule has 8 heteroatoms. The number of halogens is 1. The third-order valence-electron chi connectivity index (χ3n) is 5.23. The van der Waals surface area contributed by atoms with E-state index in [4.69, 9.17) is 16.3 Å². The van der Waals surface area contributed by atoms with Crippen LogP contribution in [0.4, 0.5) is 5.69 Å². The van der Waals surface area contributed by atoms with Crippen LogP contribution in [0, 0.1) is 0 Å². The van der Waals surface area contributed by atoms with E-state index in [0.717, 1.165) is 0 Å². The summed E-state index contributed by atoms with van der Waals surface area (Å²) in [4.78, 5) is 44.4. The van der Waals surface area contributed by atoms with E-state index >= 15 is 0 Å². The Morgan fingerprint density at radius 3 is 2.41 bits per heavy atom. The van der Waals surface area contributed by atoms with Crippen molar-refractivity contribution >= 4 is 40.7 Å². The maximum Gasteiger partial charge on any atom is 0.338 e. The molecule has 1 aliphatic rings. The second kappa shape index (κ2) is 9.49. The average molecular weight is 477 g/mol. The van der Waals surface area contributed by atoms with Gasteiger partial charge in [0.15, 0.2) is 0 Å². The molecular weight excluding hydrogens is 456 g/mol. The van der Waals surface area contributed by atoms with Crippen molar-refractivity contribution in [1.29, 1.82) is 0 Å². The zero-order chi connectivity index (χ0) is 24.4.